The van der Waals surface area contributed by atoms with Crippen LogP contribution in [0.25, 0.3) is 0 Å². The summed E-state index contributed by atoms with van der Waals surface area (Å²) >= 11 is 0. The Kier molecular flexibility index (Phi) is 4.26. The molecule has 1 aromatic carbocycles. The van der Waals surface area contributed by atoms with E-state index in [9.17, 15) is 14.0 Å². The quantitative estimate of drug-likeness (QED) is 0.849. The summed E-state index contributed by atoms with van der Waals surface area (Å²) in [4.78, 5) is 31.3. The standard InChI is InChI=1S/C17H19FN2O4/c1-3-17(4-2)10-23-16(22)20(17)15(21)14-9-13(19-24-14)11-5-7-12(18)8-6-11/h5-8,14H,3-4,9-10H2,1-2H3. The molecule has 2 aliphatic heterocycles. The van der Waals surface area contributed by atoms with Gasteiger partial charge >= 0.3 is 6.09 Å². The molecule has 1 unspecified atom stereocenters. The van der Waals surface area contributed by atoms with E-state index in [1.54, 1.807) is 12.1 Å². The summed E-state index contributed by atoms with van der Waals surface area (Å²) < 4.78 is 18.1. The Bertz CT molecular complexity index is 682. The summed E-state index contributed by atoms with van der Waals surface area (Å²) in [6, 6.07) is 5.81. The van der Waals surface area contributed by atoms with E-state index in [1.807, 2.05) is 13.8 Å². The minimum atomic E-state index is -0.867. The van der Waals surface area contributed by atoms with Gasteiger partial charge in [0.15, 0.2) is 0 Å². The first-order chi connectivity index (χ1) is 11.5. The van der Waals surface area contributed by atoms with Gasteiger partial charge in [0.05, 0.1) is 11.3 Å². The number of oxime groups is 1. The molecule has 7 heteroatoms. The maximum Gasteiger partial charge on any atom is 0.417 e. The molecular weight excluding hydrogens is 315 g/mol. The topological polar surface area (TPSA) is 68.2 Å². The number of benzene rings is 1. The van der Waals surface area contributed by atoms with Gasteiger partial charge < -0.3 is 9.57 Å². The minimum Gasteiger partial charge on any atom is -0.447 e. The van der Waals surface area contributed by atoms with Crippen LogP contribution in [0.15, 0.2) is 29.4 Å². The zero-order valence-corrected chi connectivity index (χ0v) is 13.6. The maximum absolute atomic E-state index is 13.0. The SMILES string of the molecule is CCC1(CC)COC(=O)N1C(=O)C1CC(c2ccc(F)cc2)=NO1. The van der Waals surface area contributed by atoms with E-state index in [2.05, 4.69) is 5.16 Å². The van der Waals surface area contributed by atoms with E-state index in [1.165, 1.54) is 17.0 Å². The lowest BCUT2D eigenvalue weighted by atomic mass is 9.92. The molecule has 0 radical (unpaired) electrons. The van der Waals surface area contributed by atoms with Gasteiger partial charge in [0.1, 0.15) is 12.4 Å². The number of nitrogens with zero attached hydrogens (tertiary/aromatic N) is 2. The number of rotatable bonds is 4. The Morgan fingerprint density at radius 1 is 1.33 bits per heavy atom. The molecule has 0 spiro atoms. The third-order valence-electron chi connectivity index (χ3n) is 4.78. The number of ether oxygens (including phenoxy) is 1. The van der Waals surface area contributed by atoms with Crippen molar-refractivity contribution < 1.29 is 23.6 Å². The van der Waals surface area contributed by atoms with Crippen molar-refractivity contribution in [3.05, 3.63) is 35.6 Å². The summed E-state index contributed by atoms with van der Waals surface area (Å²) in [6.45, 7) is 4.03. The van der Waals surface area contributed by atoms with Gasteiger partial charge in [-0.1, -0.05) is 31.1 Å². The average molecular weight is 334 g/mol. The molecule has 3 rings (SSSR count). The molecule has 2 aliphatic rings. The second-order valence-electron chi connectivity index (χ2n) is 6.00. The fraction of sp³-hybridized carbons (Fsp3) is 0.471. The predicted molar refractivity (Wildman–Crippen MR) is 83.9 cm³/mol. The summed E-state index contributed by atoms with van der Waals surface area (Å²) in [7, 11) is 0. The lowest BCUT2D eigenvalue weighted by Crippen LogP contribution is -2.53. The number of cyclic esters (lactones) is 1. The van der Waals surface area contributed by atoms with Gasteiger partial charge in [0, 0.05) is 6.42 Å². The third kappa shape index (κ3) is 2.64. The fourth-order valence-corrected chi connectivity index (χ4v) is 3.08. The first-order valence-corrected chi connectivity index (χ1v) is 8.00. The molecule has 2 heterocycles. The van der Waals surface area contributed by atoms with Crippen LogP contribution in [0.3, 0.4) is 0 Å². The molecule has 0 saturated carbocycles. The van der Waals surface area contributed by atoms with Crippen molar-refractivity contribution >= 4 is 17.7 Å². The highest BCUT2D eigenvalue weighted by Gasteiger charge is 2.51. The van der Waals surface area contributed by atoms with Gasteiger partial charge in [-0.05, 0) is 30.5 Å². The molecule has 0 aromatic heterocycles. The molecular formula is C17H19FN2O4. The van der Waals surface area contributed by atoms with Gasteiger partial charge in [0.2, 0.25) is 6.10 Å². The van der Waals surface area contributed by atoms with Crippen molar-refractivity contribution in [2.24, 2.45) is 5.16 Å². The van der Waals surface area contributed by atoms with Crippen molar-refractivity contribution in [3.63, 3.8) is 0 Å². The maximum atomic E-state index is 13.0. The first kappa shape index (κ1) is 16.4. The van der Waals surface area contributed by atoms with Gasteiger partial charge in [-0.3, -0.25) is 4.79 Å². The molecule has 128 valence electrons. The predicted octanol–water partition coefficient (Wildman–Crippen LogP) is 2.86. The lowest BCUT2D eigenvalue weighted by Gasteiger charge is -2.32. The van der Waals surface area contributed by atoms with Crippen LogP contribution in [-0.2, 0) is 14.4 Å². The summed E-state index contributed by atoms with van der Waals surface area (Å²) in [5.74, 6) is -0.788. The van der Waals surface area contributed by atoms with Gasteiger partial charge in [-0.15, -0.1) is 0 Å². The summed E-state index contributed by atoms with van der Waals surface area (Å²) in [5.41, 5.74) is 0.614. The van der Waals surface area contributed by atoms with Gasteiger partial charge in [0.25, 0.3) is 5.91 Å². The first-order valence-electron chi connectivity index (χ1n) is 8.00. The summed E-state index contributed by atoms with van der Waals surface area (Å²) in [6.07, 6.45) is -0.0491. The molecule has 24 heavy (non-hydrogen) atoms. The Morgan fingerprint density at radius 2 is 2.00 bits per heavy atom. The molecule has 2 amide bonds. The van der Waals surface area contributed by atoms with Gasteiger partial charge in [-0.2, -0.15) is 0 Å². The smallest absolute Gasteiger partial charge is 0.417 e. The molecule has 1 atom stereocenters. The Labute approximate surface area is 139 Å². The van der Waals surface area contributed by atoms with Crippen molar-refractivity contribution in [1.29, 1.82) is 0 Å². The van der Waals surface area contributed by atoms with Crippen LogP contribution < -0.4 is 0 Å². The minimum absolute atomic E-state index is 0.197. The third-order valence-corrected chi connectivity index (χ3v) is 4.78. The monoisotopic (exact) mass is 334 g/mol. The Balaban J connectivity index is 1.75. The van der Waals surface area contributed by atoms with E-state index < -0.39 is 23.6 Å². The van der Waals surface area contributed by atoms with Gasteiger partial charge in [-0.25, -0.2) is 14.1 Å². The van der Waals surface area contributed by atoms with Crippen LogP contribution in [0.2, 0.25) is 0 Å². The number of halogens is 1. The number of imide groups is 1. The van der Waals surface area contributed by atoms with E-state index in [4.69, 9.17) is 9.57 Å². The van der Waals surface area contributed by atoms with Crippen molar-refractivity contribution in [1.82, 2.24) is 4.90 Å². The van der Waals surface area contributed by atoms with Crippen molar-refractivity contribution in [2.45, 2.75) is 44.8 Å². The largest absolute Gasteiger partial charge is 0.447 e. The van der Waals surface area contributed by atoms with E-state index >= 15 is 0 Å². The van der Waals surface area contributed by atoms with Crippen LogP contribution >= 0.6 is 0 Å². The lowest BCUT2D eigenvalue weighted by molar-refractivity contribution is -0.142. The summed E-state index contributed by atoms with van der Waals surface area (Å²) in [5, 5.41) is 3.93. The van der Waals surface area contributed by atoms with Crippen LogP contribution in [0, 0.1) is 5.82 Å². The number of amides is 2. The second-order valence-corrected chi connectivity index (χ2v) is 6.00. The second kappa shape index (κ2) is 6.22. The van der Waals surface area contributed by atoms with Crippen molar-refractivity contribution in [2.75, 3.05) is 6.61 Å². The molecule has 6 nitrogen and oxygen atoms in total. The van der Waals surface area contributed by atoms with Crippen LogP contribution in [0.5, 0.6) is 0 Å². The highest BCUT2D eigenvalue weighted by molar-refractivity contribution is 6.06. The zero-order valence-electron chi connectivity index (χ0n) is 13.6. The molecule has 1 fully saturated rings. The molecule has 1 aromatic rings. The number of hydrogen-bond donors (Lipinski definition) is 0. The van der Waals surface area contributed by atoms with E-state index in [0.717, 1.165) is 0 Å². The normalized spacial score (nSPS) is 22.1. The van der Waals surface area contributed by atoms with Crippen LogP contribution in [-0.4, -0.2) is 40.9 Å². The van der Waals surface area contributed by atoms with Crippen LogP contribution in [0.4, 0.5) is 9.18 Å². The number of hydrogen-bond acceptors (Lipinski definition) is 5. The highest BCUT2D eigenvalue weighted by Crippen LogP contribution is 2.33. The fourth-order valence-electron chi connectivity index (χ4n) is 3.08. The van der Waals surface area contributed by atoms with E-state index in [-0.39, 0.29) is 18.8 Å². The van der Waals surface area contributed by atoms with Crippen molar-refractivity contribution in [3.8, 4) is 0 Å². The zero-order chi connectivity index (χ0) is 17.3. The number of carbonyl (C=O) groups is 2. The molecule has 0 bridgehead atoms. The number of carbonyl (C=O) groups excluding carboxylic acids is 2. The van der Waals surface area contributed by atoms with Crippen LogP contribution in [0.1, 0.15) is 38.7 Å². The molecule has 0 N–H and O–H groups in total. The molecule has 0 aliphatic carbocycles. The van der Waals surface area contributed by atoms with E-state index in [0.29, 0.717) is 24.1 Å². The molecule has 1 saturated heterocycles. The Hall–Kier alpha value is -2.44. The average Bonchev–Trinajstić information content (AvgIpc) is 3.20. The Morgan fingerprint density at radius 3 is 2.62 bits per heavy atom. The highest BCUT2D eigenvalue weighted by atomic mass is 19.1.